The van der Waals surface area contributed by atoms with Crippen LogP contribution in [0.25, 0.3) is 0 Å². The van der Waals surface area contributed by atoms with E-state index in [0.717, 1.165) is 18.0 Å². The van der Waals surface area contributed by atoms with Gasteiger partial charge in [-0.3, -0.25) is 0 Å². The van der Waals surface area contributed by atoms with E-state index in [1.165, 1.54) is 45.6 Å². The van der Waals surface area contributed by atoms with Crippen LogP contribution in [0, 0.1) is 5.92 Å². The summed E-state index contributed by atoms with van der Waals surface area (Å²) >= 11 is 0. The molecule has 3 aliphatic heterocycles. The number of piperidine rings is 1. The number of nitrogens with one attached hydrogen (secondary N) is 1. The second-order valence-corrected chi connectivity index (χ2v) is 5.33. The standard InChI is InChI=1S/C11H21N3/c1-13-7-10(8-13)12-11-3-5-14-4-2-9(11)6-14/h9-12H,2-8H2,1H3. The molecule has 3 heteroatoms. The molecular weight excluding hydrogens is 174 g/mol. The van der Waals surface area contributed by atoms with E-state index in [2.05, 4.69) is 22.2 Å². The van der Waals surface area contributed by atoms with Gasteiger partial charge in [0.2, 0.25) is 0 Å². The van der Waals surface area contributed by atoms with Gasteiger partial charge in [-0.25, -0.2) is 0 Å². The van der Waals surface area contributed by atoms with Crippen LogP contribution in [0.4, 0.5) is 0 Å². The van der Waals surface area contributed by atoms with E-state index in [1.54, 1.807) is 0 Å². The summed E-state index contributed by atoms with van der Waals surface area (Å²) in [6.45, 7) is 6.56. The van der Waals surface area contributed by atoms with Gasteiger partial charge in [-0.2, -0.15) is 0 Å². The Kier molecular flexibility index (Phi) is 2.26. The number of fused-ring (bicyclic) bond motifs is 2. The van der Waals surface area contributed by atoms with Crippen LogP contribution in [0.2, 0.25) is 0 Å². The molecule has 0 saturated carbocycles. The molecule has 2 bridgehead atoms. The quantitative estimate of drug-likeness (QED) is 0.668. The molecule has 0 aromatic carbocycles. The van der Waals surface area contributed by atoms with Gasteiger partial charge in [-0.15, -0.1) is 0 Å². The van der Waals surface area contributed by atoms with Crippen LogP contribution >= 0.6 is 0 Å². The Labute approximate surface area is 86.4 Å². The van der Waals surface area contributed by atoms with E-state index in [0.29, 0.717) is 0 Å². The monoisotopic (exact) mass is 195 g/mol. The maximum atomic E-state index is 3.85. The van der Waals surface area contributed by atoms with Crippen LogP contribution < -0.4 is 5.32 Å². The lowest BCUT2D eigenvalue weighted by molar-refractivity contribution is 0.124. The predicted molar refractivity (Wildman–Crippen MR) is 57.4 cm³/mol. The Morgan fingerprint density at radius 3 is 2.64 bits per heavy atom. The first kappa shape index (κ1) is 9.13. The molecule has 0 aromatic heterocycles. The highest BCUT2D eigenvalue weighted by molar-refractivity contribution is 4.94. The Morgan fingerprint density at radius 1 is 1.07 bits per heavy atom. The molecule has 3 nitrogen and oxygen atoms in total. The molecule has 3 atom stereocenters. The lowest BCUT2D eigenvalue weighted by Gasteiger charge is -2.42. The van der Waals surface area contributed by atoms with Crippen molar-refractivity contribution >= 4 is 0 Å². The van der Waals surface area contributed by atoms with Crippen molar-refractivity contribution in [3.8, 4) is 0 Å². The summed E-state index contributed by atoms with van der Waals surface area (Å²) in [5, 5.41) is 3.85. The molecule has 14 heavy (non-hydrogen) atoms. The molecule has 80 valence electrons. The van der Waals surface area contributed by atoms with Crippen LogP contribution in [0.5, 0.6) is 0 Å². The van der Waals surface area contributed by atoms with E-state index < -0.39 is 0 Å². The molecule has 3 unspecified atom stereocenters. The van der Waals surface area contributed by atoms with Crippen LogP contribution in [-0.2, 0) is 0 Å². The summed E-state index contributed by atoms with van der Waals surface area (Å²) in [7, 11) is 2.20. The summed E-state index contributed by atoms with van der Waals surface area (Å²) in [5.41, 5.74) is 0. The molecule has 3 saturated heterocycles. The first-order chi connectivity index (χ1) is 6.81. The lowest BCUT2D eigenvalue weighted by atomic mass is 9.92. The summed E-state index contributed by atoms with van der Waals surface area (Å²) in [5.74, 6) is 0.953. The topological polar surface area (TPSA) is 18.5 Å². The molecule has 0 amide bonds. The maximum absolute atomic E-state index is 3.85. The summed E-state index contributed by atoms with van der Waals surface area (Å²) in [4.78, 5) is 5.01. The van der Waals surface area contributed by atoms with E-state index in [-0.39, 0.29) is 0 Å². The molecule has 0 aromatic rings. The van der Waals surface area contributed by atoms with Crippen molar-refractivity contribution in [1.29, 1.82) is 0 Å². The maximum Gasteiger partial charge on any atom is 0.0324 e. The number of likely N-dealkylation sites (tertiary alicyclic amines) is 1. The SMILES string of the molecule is CN1CC(NC2CCN3CCC2C3)C1. The average molecular weight is 195 g/mol. The first-order valence-corrected chi connectivity index (χ1v) is 5.98. The molecule has 0 radical (unpaired) electrons. The molecule has 0 aliphatic carbocycles. The van der Waals surface area contributed by atoms with Crippen LogP contribution in [-0.4, -0.2) is 61.7 Å². The van der Waals surface area contributed by atoms with Crippen molar-refractivity contribution < 1.29 is 0 Å². The normalized spacial score (nSPS) is 43.9. The van der Waals surface area contributed by atoms with Crippen molar-refractivity contribution in [2.45, 2.75) is 24.9 Å². The fraction of sp³-hybridized carbons (Fsp3) is 1.00. The minimum atomic E-state index is 0.789. The lowest BCUT2D eigenvalue weighted by Crippen LogP contribution is -2.60. The van der Waals surface area contributed by atoms with E-state index in [9.17, 15) is 0 Å². The van der Waals surface area contributed by atoms with E-state index in [4.69, 9.17) is 0 Å². The molecule has 0 spiro atoms. The number of rotatable bonds is 2. The van der Waals surface area contributed by atoms with Gasteiger partial charge >= 0.3 is 0 Å². The zero-order chi connectivity index (χ0) is 9.54. The van der Waals surface area contributed by atoms with Gasteiger partial charge in [0.05, 0.1) is 0 Å². The Balaban J connectivity index is 1.52. The Hall–Kier alpha value is -0.120. The van der Waals surface area contributed by atoms with Crippen molar-refractivity contribution in [2.75, 3.05) is 39.8 Å². The fourth-order valence-electron chi connectivity index (χ4n) is 3.28. The minimum absolute atomic E-state index is 0.789. The molecule has 3 aliphatic rings. The second kappa shape index (κ2) is 3.47. The smallest absolute Gasteiger partial charge is 0.0324 e. The summed E-state index contributed by atoms with van der Waals surface area (Å²) in [6.07, 6.45) is 2.81. The summed E-state index contributed by atoms with van der Waals surface area (Å²) < 4.78 is 0. The van der Waals surface area contributed by atoms with Crippen molar-refractivity contribution in [1.82, 2.24) is 15.1 Å². The molecular formula is C11H21N3. The van der Waals surface area contributed by atoms with Crippen LogP contribution in [0.1, 0.15) is 12.8 Å². The van der Waals surface area contributed by atoms with Gasteiger partial charge in [0.25, 0.3) is 0 Å². The molecule has 3 rings (SSSR count). The highest BCUT2D eigenvalue weighted by atomic mass is 15.2. The number of hydrogen-bond acceptors (Lipinski definition) is 3. The summed E-state index contributed by atoms with van der Waals surface area (Å²) in [6, 6.07) is 1.62. The van der Waals surface area contributed by atoms with Gasteiger partial charge < -0.3 is 15.1 Å². The zero-order valence-electron chi connectivity index (χ0n) is 9.08. The van der Waals surface area contributed by atoms with Gasteiger partial charge in [0.15, 0.2) is 0 Å². The van der Waals surface area contributed by atoms with Crippen molar-refractivity contribution in [3.05, 3.63) is 0 Å². The van der Waals surface area contributed by atoms with Crippen molar-refractivity contribution in [2.24, 2.45) is 5.92 Å². The Morgan fingerprint density at radius 2 is 1.86 bits per heavy atom. The predicted octanol–water partition coefficient (Wildman–Crippen LogP) is -0.0158. The van der Waals surface area contributed by atoms with Crippen LogP contribution in [0.3, 0.4) is 0 Å². The molecule has 3 fully saturated rings. The second-order valence-electron chi connectivity index (χ2n) is 5.33. The number of nitrogens with zero attached hydrogens (tertiary/aromatic N) is 2. The zero-order valence-corrected chi connectivity index (χ0v) is 9.08. The third-order valence-electron chi connectivity index (χ3n) is 4.15. The third-order valence-corrected chi connectivity index (χ3v) is 4.15. The van der Waals surface area contributed by atoms with Crippen LogP contribution in [0.15, 0.2) is 0 Å². The molecule has 1 N–H and O–H groups in total. The molecule has 3 heterocycles. The highest BCUT2D eigenvalue weighted by Crippen LogP contribution is 2.27. The third kappa shape index (κ3) is 1.58. The van der Waals surface area contributed by atoms with Crippen molar-refractivity contribution in [3.63, 3.8) is 0 Å². The Bertz CT molecular complexity index is 213. The average Bonchev–Trinajstić information content (AvgIpc) is 2.51. The highest BCUT2D eigenvalue weighted by Gasteiger charge is 2.36. The van der Waals surface area contributed by atoms with Gasteiger partial charge in [0.1, 0.15) is 0 Å². The fourth-order valence-corrected chi connectivity index (χ4v) is 3.28. The number of likely N-dealkylation sites (N-methyl/N-ethyl adjacent to an activating group) is 1. The van der Waals surface area contributed by atoms with Gasteiger partial charge in [-0.1, -0.05) is 0 Å². The van der Waals surface area contributed by atoms with Gasteiger partial charge in [-0.05, 0) is 38.9 Å². The van der Waals surface area contributed by atoms with Gasteiger partial charge in [0, 0.05) is 31.7 Å². The first-order valence-electron chi connectivity index (χ1n) is 5.98. The largest absolute Gasteiger partial charge is 0.308 e. The van der Waals surface area contributed by atoms with E-state index >= 15 is 0 Å². The minimum Gasteiger partial charge on any atom is -0.308 e. The number of hydrogen-bond donors (Lipinski definition) is 1. The van der Waals surface area contributed by atoms with E-state index in [1.807, 2.05) is 0 Å².